The molecule has 0 radical (unpaired) electrons. The highest BCUT2D eigenvalue weighted by Crippen LogP contribution is 2.34. The third kappa shape index (κ3) is 5.15. The second-order valence-corrected chi connectivity index (χ2v) is 8.81. The Hall–Kier alpha value is -2.94. The van der Waals surface area contributed by atoms with Crippen LogP contribution in [0.25, 0.3) is 0 Å². The van der Waals surface area contributed by atoms with Crippen LogP contribution in [0.4, 0.5) is 5.69 Å². The number of hydrogen-bond donors (Lipinski definition) is 1. The molecule has 1 amide bonds. The van der Waals surface area contributed by atoms with E-state index in [2.05, 4.69) is 5.32 Å². The van der Waals surface area contributed by atoms with Gasteiger partial charge in [-0.25, -0.2) is 8.42 Å². The van der Waals surface area contributed by atoms with E-state index < -0.39 is 15.9 Å². The molecule has 0 aliphatic carbocycles. The Morgan fingerprint density at radius 3 is 2.40 bits per heavy atom. The summed E-state index contributed by atoms with van der Waals surface area (Å²) in [6, 6.07) is 12.0. The minimum Gasteiger partial charge on any atom is -0.497 e. The number of carbonyl (C=O) groups is 1. The van der Waals surface area contributed by atoms with Gasteiger partial charge in [-0.2, -0.15) is 0 Å². The Balaban J connectivity index is 1.76. The number of anilines is 1. The van der Waals surface area contributed by atoms with E-state index in [-0.39, 0.29) is 12.6 Å². The summed E-state index contributed by atoms with van der Waals surface area (Å²) < 4.78 is 42.0. The van der Waals surface area contributed by atoms with Crippen LogP contribution in [0.5, 0.6) is 17.2 Å². The normalized spacial score (nSPS) is 14.0. The highest BCUT2D eigenvalue weighted by atomic mass is 32.2. The third-order valence-electron chi connectivity index (χ3n) is 4.76. The fraction of sp³-hybridized carbons (Fsp3) is 0.381. The average molecular weight is 435 g/mol. The van der Waals surface area contributed by atoms with Gasteiger partial charge < -0.3 is 19.5 Å². The van der Waals surface area contributed by atoms with Crippen molar-refractivity contribution < 1.29 is 27.4 Å². The average Bonchev–Trinajstić information content (AvgIpc) is 2.75. The van der Waals surface area contributed by atoms with Gasteiger partial charge in [0.25, 0.3) is 0 Å². The number of sulfonamides is 1. The molecule has 0 bridgehead atoms. The summed E-state index contributed by atoms with van der Waals surface area (Å²) in [4.78, 5) is 12.7. The summed E-state index contributed by atoms with van der Waals surface area (Å²) >= 11 is 0. The van der Waals surface area contributed by atoms with Crippen LogP contribution < -0.4 is 23.8 Å². The predicted molar refractivity (Wildman–Crippen MR) is 114 cm³/mol. The van der Waals surface area contributed by atoms with Crippen molar-refractivity contribution in [2.45, 2.75) is 19.4 Å². The van der Waals surface area contributed by atoms with Gasteiger partial charge in [-0.1, -0.05) is 19.1 Å². The van der Waals surface area contributed by atoms with Gasteiger partial charge in [-0.15, -0.1) is 0 Å². The van der Waals surface area contributed by atoms with Crippen molar-refractivity contribution in [3.8, 4) is 17.2 Å². The summed E-state index contributed by atoms with van der Waals surface area (Å²) in [5.41, 5.74) is 1.26. The minimum absolute atomic E-state index is 0.245. The number of nitrogens with one attached hydrogen (secondary N) is 1. The molecule has 1 aliphatic heterocycles. The largest absolute Gasteiger partial charge is 0.497 e. The van der Waals surface area contributed by atoms with Gasteiger partial charge in [0.15, 0.2) is 11.5 Å². The van der Waals surface area contributed by atoms with Crippen molar-refractivity contribution in [2.24, 2.45) is 0 Å². The van der Waals surface area contributed by atoms with Crippen molar-refractivity contribution in [1.29, 1.82) is 0 Å². The monoisotopic (exact) mass is 434 g/mol. The van der Waals surface area contributed by atoms with E-state index in [1.54, 1.807) is 25.3 Å². The number of rotatable bonds is 8. The molecule has 0 fully saturated rings. The molecule has 0 saturated carbocycles. The molecular weight excluding hydrogens is 408 g/mol. The van der Waals surface area contributed by atoms with Crippen molar-refractivity contribution in [1.82, 2.24) is 5.32 Å². The number of nitrogens with zero attached hydrogens (tertiary/aromatic N) is 1. The summed E-state index contributed by atoms with van der Waals surface area (Å²) in [7, 11) is -2.11. The van der Waals surface area contributed by atoms with E-state index in [0.717, 1.165) is 21.9 Å². The third-order valence-corrected chi connectivity index (χ3v) is 5.90. The molecule has 0 aromatic heterocycles. The van der Waals surface area contributed by atoms with Gasteiger partial charge in [-0.3, -0.25) is 9.10 Å². The van der Waals surface area contributed by atoms with E-state index in [1.165, 1.54) is 0 Å². The topological polar surface area (TPSA) is 94.2 Å². The number of benzene rings is 2. The fourth-order valence-corrected chi connectivity index (χ4v) is 4.06. The lowest BCUT2D eigenvalue weighted by atomic mass is 10.0. The number of methoxy groups -OCH3 is 1. The Kier molecular flexibility index (Phi) is 6.71. The number of ether oxygens (including phenoxy) is 3. The number of fused-ring (bicyclic) bond motifs is 1. The molecule has 1 aliphatic rings. The van der Waals surface area contributed by atoms with Crippen molar-refractivity contribution in [2.75, 3.05) is 37.4 Å². The Bertz CT molecular complexity index is 991. The second kappa shape index (κ2) is 9.25. The van der Waals surface area contributed by atoms with Gasteiger partial charge in [0.1, 0.15) is 25.5 Å². The van der Waals surface area contributed by atoms with E-state index in [9.17, 15) is 13.2 Å². The Labute approximate surface area is 176 Å². The molecular formula is C21H26N2O6S. The molecule has 30 heavy (non-hydrogen) atoms. The molecule has 1 heterocycles. The van der Waals surface area contributed by atoms with Crippen LogP contribution in [-0.4, -0.2) is 47.4 Å². The molecule has 2 aromatic carbocycles. The summed E-state index contributed by atoms with van der Waals surface area (Å²) in [5.74, 6) is 1.32. The molecule has 0 spiro atoms. The standard InChI is InChI=1S/C21H26N2O6S/c1-4-18(15-5-8-17(27-2)9-6-15)22-21(24)14-23(30(3,25)26)16-7-10-19-20(13-16)29-12-11-28-19/h5-10,13,18H,4,11-12,14H2,1-3H3,(H,22,24)/t18-/m0/s1. The van der Waals surface area contributed by atoms with E-state index in [0.29, 0.717) is 36.8 Å². The van der Waals surface area contributed by atoms with Crippen molar-refractivity contribution >= 4 is 21.6 Å². The van der Waals surface area contributed by atoms with Crippen LogP contribution in [0.15, 0.2) is 42.5 Å². The van der Waals surface area contributed by atoms with Gasteiger partial charge in [0.2, 0.25) is 15.9 Å². The number of carbonyl (C=O) groups excluding carboxylic acids is 1. The SMILES string of the molecule is CC[C@H](NC(=O)CN(c1ccc2c(c1)OCCO2)S(C)(=O)=O)c1ccc(OC)cc1. The number of hydrogen-bond acceptors (Lipinski definition) is 6. The first kappa shape index (κ1) is 21.8. The molecule has 0 unspecified atom stereocenters. The van der Waals surface area contributed by atoms with E-state index in [1.807, 2.05) is 31.2 Å². The highest BCUT2D eigenvalue weighted by molar-refractivity contribution is 7.92. The molecule has 2 aromatic rings. The quantitative estimate of drug-likeness (QED) is 0.686. The first-order chi connectivity index (χ1) is 14.3. The van der Waals surface area contributed by atoms with Crippen LogP contribution in [0.3, 0.4) is 0 Å². The predicted octanol–water partition coefficient (Wildman–Crippen LogP) is 2.50. The van der Waals surface area contributed by atoms with Crippen LogP contribution in [-0.2, 0) is 14.8 Å². The first-order valence-electron chi connectivity index (χ1n) is 9.62. The zero-order valence-corrected chi connectivity index (χ0v) is 18.1. The zero-order chi connectivity index (χ0) is 21.7. The molecule has 8 nitrogen and oxygen atoms in total. The van der Waals surface area contributed by atoms with Crippen LogP contribution >= 0.6 is 0 Å². The van der Waals surface area contributed by atoms with Gasteiger partial charge in [0, 0.05) is 6.07 Å². The van der Waals surface area contributed by atoms with E-state index >= 15 is 0 Å². The van der Waals surface area contributed by atoms with E-state index in [4.69, 9.17) is 14.2 Å². The molecule has 3 rings (SSSR count). The molecule has 0 saturated heterocycles. The summed E-state index contributed by atoms with van der Waals surface area (Å²) in [6.07, 6.45) is 1.72. The van der Waals surface area contributed by atoms with Gasteiger partial charge in [0.05, 0.1) is 25.1 Å². The maximum atomic E-state index is 12.7. The lowest BCUT2D eigenvalue weighted by molar-refractivity contribution is -0.120. The minimum atomic E-state index is -3.70. The molecule has 162 valence electrons. The first-order valence-corrected chi connectivity index (χ1v) is 11.5. The van der Waals surface area contributed by atoms with Crippen molar-refractivity contribution in [3.05, 3.63) is 48.0 Å². The number of amides is 1. The van der Waals surface area contributed by atoms with Gasteiger partial charge >= 0.3 is 0 Å². The lowest BCUT2D eigenvalue weighted by Gasteiger charge is -2.26. The summed E-state index contributed by atoms with van der Waals surface area (Å²) in [6.45, 7) is 2.43. The van der Waals surface area contributed by atoms with Crippen molar-refractivity contribution in [3.63, 3.8) is 0 Å². The maximum absolute atomic E-state index is 12.7. The summed E-state index contributed by atoms with van der Waals surface area (Å²) in [5, 5.41) is 2.91. The lowest BCUT2D eigenvalue weighted by Crippen LogP contribution is -2.41. The van der Waals surface area contributed by atoms with Crippen LogP contribution in [0, 0.1) is 0 Å². The zero-order valence-electron chi connectivity index (χ0n) is 17.3. The second-order valence-electron chi connectivity index (χ2n) is 6.90. The van der Waals surface area contributed by atoms with Crippen LogP contribution in [0.2, 0.25) is 0 Å². The fourth-order valence-electron chi connectivity index (χ4n) is 3.21. The van der Waals surface area contributed by atoms with Crippen LogP contribution in [0.1, 0.15) is 24.9 Å². The maximum Gasteiger partial charge on any atom is 0.241 e. The Morgan fingerprint density at radius 2 is 1.80 bits per heavy atom. The molecule has 9 heteroatoms. The molecule has 1 N–H and O–H groups in total. The highest BCUT2D eigenvalue weighted by Gasteiger charge is 2.24. The molecule has 1 atom stereocenters. The Morgan fingerprint density at radius 1 is 1.13 bits per heavy atom. The van der Waals surface area contributed by atoms with Gasteiger partial charge in [-0.05, 0) is 36.2 Å². The smallest absolute Gasteiger partial charge is 0.241 e.